The Morgan fingerprint density at radius 3 is 2.38 bits per heavy atom. The number of hydrogen-bond acceptors (Lipinski definition) is 6. The van der Waals surface area contributed by atoms with E-state index in [2.05, 4.69) is 9.97 Å². The van der Waals surface area contributed by atoms with Gasteiger partial charge in [0.2, 0.25) is 0 Å². The maximum Gasteiger partial charge on any atom is 0.301 e. The van der Waals surface area contributed by atoms with Gasteiger partial charge in [0.1, 0.15) is 5.76 Å². The number of carbonyl (C=O) groups is 2. The fourth-order valence-corrected chi connectivity index (χ4v) is 4.97. The molecule has 1 aliphatic rings. The zero-order valence-electron chi connectivity index (χ0n) is 17.4. The number of nitrogens with zero attached hydrogens (tertiary/aromatic N) is 3. The van der Waals surface area contributed by atoms with E-state index in [0.717, 1.165) is 21.3 Å². The van der Waals surface area contributed by atoms with Crippen molar-refractivity contribution in [2.24, 2.45) is 0 Å². The summed E-state index contributed by atoms with van der Waals surface area (Å²) in [4.78, 5) is 36.5. The predicted molar refractivity (Wildman–Crippen MR) is 125 cm³/mol. The molecule has 1 fully saturated rings. The number of aromatic nitrogens is 2. The quantitative estimate of drug-likeness (QED) is 0.277. The van der Waals surface area contributed by atoms with Gasteiger partial charge in [-0.3, -0.25) is 19.5 Å². The number of hydrogen-bond donors (Lipinski definition) is 1. The monoisotopic (exact) mass is 441 g/mol. The lowest BCUT2D eigenvalue weighted by atomic mass is 9.96. The first-order chi connectivity index (χ1) is 15.4. The smallest absolute Gasteiger partial charge is 0.301 e. The van der Waals surface area contributed by atoms with Gasteiger partial charge in [0.05, 0.1) is 21.8 Å². The SMILES string of the molecule is Cc1ccc(C(O)=C2C(=O)C(=O)N(c3nc4ccc(C)cc4s3)C2c2ccncc2)cc1. The van der Waals surface area contributed by atoms with Gasteiger partial charge in [0.25, 0.3) is 5.78 Å². The molecule has 7 heteroatoms. The summed E-state index contributed by atoms with van der Waals surface area (Å²) in [7, 11) is 0. The van der Waals surface area contributed by atoms with Crippen LogP contribution in [-0.2, 0) is 9.59 Å². The Balaban J connectivity index is 1.72. The molecule has 0 aliphatic carbocycles. The molecule has 5 rings (SSSR count). The van der Waals surface area contributed by atoms with Gasteiger partial charge in [-0.2, -0.15) is 0 Å². The molecule has 32 heavy (non-hydrogen) atoms. The first-order valence-corrected chi connectivity index (χ1v) is 10.9. The Bertz CT molecular complexity index is 1390. The third-order valence-electron chi connectivity index (χ3n) is 5.53. The van der Waals surface area contributed by atoms with Gasteiger partial charge in [-0.1, -0.05) is 47.2 Å². The van der Waals surface area contributed by atoms with Crippen molar-refractivity contribution in [2.75, 3.05) is 4.90 Å². The molecule has 158 valence electrons. The van der Waals surface area contributed by atoms with E-state index in [-0.39, 0.29) is 11.3 Å². The minimum absolute atomic E-state index is 0.0421. The summed E-state index contributed by atoms with van der Waals surface area (Å²) < 4.78 is 0.925. The van der Waals surface area contributed by atoms with Crippen LogP contribution in [0.4, 0.5) is 5.13 Å². The van der Waals surface area contributed by atoms with Crippen LogP contribution in [0.15, 0.2) is 72.6 Å². The van der Waals surface area contributed by atoms with Gasteiger partial charge in [0, 0.05) is 18.0 Å². The Labute approximate surface area is 188 Å². The first-order valence-electron chi connectivity index (χ1n) is 10.1. The molecule has 1 unspecified atom stereocenters. The summed E-state index contributed by atoms with van der Waals surface area (Å²) in [5, 5.41) is 11.5. The number of benzene rings is 2. The molecule has 1 N–H and O–H groups in total. The zero-order chi connectivity index (χ0) is 22.4. The summed E-state index contributed by atoms with van der Waals surface area (Å²) in [6.45, 7) is 3.93. The number of amides is 1. The number of thiazole rings is 1. The summed E-state index contributed by atoms with van der Waals surface area (Å²) in [5.41, 5.74) is 4.05. The molecule has 6 nitrogen and oxygen atoms in total. The molecule has 1 atom stereocenters. The summed E-state index contributed by atoms with van der Waals surface area (Å²) in [6, 6.07) is 15.7. The average Bonchev–Trinajstić information content (AvgIpc) is 3.32. The molecule has 2 aromatic heterocycles. The topological polar surface area (TPSA) is 83.4 Å². The molecule has 1 aliphatic heterocycles. The van der Waals surface area contributed by atoms with Crippen molar-refractivity contribution in [3.63, 3.8) is 0 Å². The second-order valence-corrected chi connectivity index (χ2v) is 8.79. The van der Waals surface area contributed by atoms with Crippen molar-refractivity contribution in [3.8, 4) is 0 Å². The molecule has 0 spiro atoms. The second kappa shape index (κ2) is 7.69. The first kappa shape index (κ1) is 20.1. The van der Waals surface area contributed by atoms with Crippen LogP contribution in [-0.4, -0.2) is 26.8 Å². The lowest BCUT2D eigenvalue weighted by Crippen LogP contribution is -2.29. The van der Waals surface area contributed by atoms with Crippen LogP contribution in [0.3, 0.4) is 0 Å². The van der Waals surface area contributed by atoms with Crippen LogP contribution in [0.25, 0.3) is 16.0 Å². The fraction of sp³-hybridized carbons (Fsp3) is 0.120. The highest BCUT2D eigenvalue weighted by Gasteiger charge is 2.48. The van der Waals surface area contributed by atoms with Crippen LogP contribution in [0.1, 0.15) is 28.3 Å². The van der Waals surface area contributed by atoms with Gasteiger partial charge in [-0.15, -0.1) is 0 Å². The Morgan fingerprint density at radius 2 is 1.66 bits per heavy atom. The number of Topliss-reactive ketones (excluding diaryl/α,β-unsaturated/α-hetero) is 1. The standard InChI is InChI=1S/C25H19N3O3S/c1-14-3-6-17(7-4-14)22(29)20-21(16-9-11-26-12-10-16)28(24(31)23(20)30)25-27-18-8-5-15(2)13-19(18)32-25/h3-13,21,29H,1-2H3. The number of rotatable bonds is 3. The molecule has 0 radical (unpaired) electrons. The molecule has 0 bridgehead atoms. The average molecular weight is 442 g/mol. The van der Waals surface area contributed by atoms with E-state index >= 15 is 0 Å². The normalized spacial score (nSPS) is 17.9. The minimum atomic E-state index is -0.805. The van der Waals surface area contributed by atoms with E-state index < -0.39 is 17.7 Å². The van der Waals surface area contributed by atoms with Crippen molar-refractivity contribution in [2.45, 2.75) is 19.9 Å². The number of fused-ring (bicyclic) bond motifs is 1. The molecule has 0 saturated carbocycles. The molecule has 4 aromatic rings. The number of ketones is 1. The van der Waals surface area contributed by atoms with Crippen LogP contribution < -0.4 is 4.90 Å². The molecular weight excluding hydrogens is 422 g/mol. The van der Waals surface area contributed by atoms with E-state index in [0.29, 0.717) is 16.3 Å². The number of aliphatic hydroxyl groups excluding tert-OH is 1. The number of aryl methyl sites for hydroxylation is 2. The minimum Gasteiger partial charge on any atom is -0.507 e. The maximum atomic E-state index is 13.2. The van der Waals surface area contributed by atoms with Crippen LogP contribution in [0.2, 0.25) is 0 Å². The highest BCUT2D eigenvalue weighted by atomic mass is 32.1. The number of pyridine rings is 1. The third-order valence-corrected chi connectivity index (χ3v) is 6.55. The van der Waals surface area contributed by atoms with E-state index in [1.165, 1.54) is 16.2 Å². The summed E-state index contributed by atoms with van der Waals surface area (Å²) >= 11 is 1.35. The van der Waals surface area contributed by atoms with Gasteiger partial charge < -0.3 is 5.11 Å². The van der Waals surface area contributed by atoms with Crippen molar-refractivity contribution < 1.29 is 14.7 Å². The fourth-order valence-electron chi connectivity index (χ4n) is 3.88. The molecule has 2 aromatic carbocycles. The van der Waals surface area contributed by atoms with Gasteiger partial charge in [-0.05, 0) is 49.2 Å². The molecular formula is C25H19N3O3S. The number of aliphatic hydroxyl groups is 1. The van der Waals surface area contributed by atoms with Crippen molar-refractivity contribution >= 4 is 44.1 Å². The van der Waals surface area contributed by atoms with E-state index in [1.54, 1.807) is 36.7 Å². The zero-order valence-corrected chi connectivity index (χ0v) is 18.3. The molecule has 1 amide bonds. The largest absolute Gasteiger partial charge is 0.507 e. The Morgan fingerprint density at radius 1 is 0.969 bits per heavy atom. The predicted octanol–water partition coefficient (Wildman–Crippen LogP) is 4.93. The summed E-state index contributed by atoms with van der Waals surface area (Å²) in [5.74, 6) is -1.65. The van der Waals surface area contributed by atoms with E-state index in [1.807, 2.05) is 44.2 Å². The lowest BCUT2D eigenvalue weighted by Gasteiger charge is -2.22. The van der Waals surface area contributed by atoms with Crippen LogP contribution in [0.5, 0.6) is 0 Å². The second-order valence-electron chi connectivity index (χ2n) is 7.78. The lowest BCUT2D eigenvalue weighted by molar-refractivity contribution is -0.132. The third kappa shape index (κ3) is 3.27. The Kier molecular flexibility index (Phi) is 4.83. The maximum absolute atomic E-state index is 13.2. The number of carbonyl (C=O) groups excluding carboxylic acids is 2. The highest BCUT2D eigenvalue weighted by Crippen LogP contribution is 2.44. The molecule has 1 saturated heterocycles. The van der Waals surface area contributed by atoms with Crippen molar-refractivity contribution in [3.05, 3.63) is 94.8 Å². The van der Waals surface area contributed by atoms with Crippen LogP contribution >= 0.6 is 11.3 Å². The summed E-state index contributed by atoms with van der Waals surface area (Å²) in [6.07, 6.45) is 3.20. The number of anilines is 1. The van der Waals surface area contributed by atoms with Crippen molar-refractivity contribution in [1.82, 2.24) is 9.97 Å². The van der Waals surface area contributed by atoms with Crippen LogP contribution in [0, 0.1) is 13.8 Å². The van der Waals surface area contributed by atoms with E-state index in [9.17, 15) is 14.7 Å². The Hall–Kier alpha value is -3.84. The van der Waals surface area contributed by atoms with Gasteiger partial charge in [0.15, 0.2) is 5.13 Å². The van der Waals surface area contributed by atoms with Crippen molar-refractivity contribution in [1.29, 1.82) is 0 Å². The highest BCUT2D eigenvalue weighted by molar-refractivity contribution is 7.22. The van der Waals surface area contributed by atoms with Gasteiger partial charge in [-0.25, -0.2) is 4.98 Å². The van der Waals surface area contributed by atoms with Gasteiger partial charge >= 0.3 is 5.91 Å². The van der Waals surface area contributed by atoms with E-state index in [4.69, 9.17) is 0 Å². The molecule has 3 heterocycles.